The van der Waals surface area contributed by atoms with Crippen LogP contribution in [-0.2, 0) is 22.4 Å². The van der Waals surface area contributed by atoms with Gasteiger partial charge in [0.15, 0.2) is 0 Å². The summed E-state index contributed by atoms with van der Waals surface area (Å²) in [7, 11) is 0. The maximum Gasteiger partial charge on any atom is 0.309 e. The van der Waals surface area contributed by atoms with Gasteiger partial charge in [-0.2, -0.15) is 0 Å². The quantitative estimate of drug-likeness (QED) is 0.868. The summed E-state index contributed by atoms with van der Waals surface area (Å²) in [5.74, 6) is 1.29. The Hall–Kier alpha value is -1.36. The van der Waals surface area contributed by atoms with E-state index in [2.05, 4.69) is 9.88 Å². The van der Waals surface area contributed by atoms with E-state index in [1.54, 1.807) is 0 Å². The van der Waals surface area contributed by atoms with E-state index < -0.39 is 0 Å². The van der Waals surface area contributed by atoms with E-state index in [1.165, 1.54) is 42.9 Å². The number of hydrogen-bond acceptors (Lipinski definition) is 4. The zero-order chi connectivity index (χ0) is 14.9. The second kappa shape index (κ2) is 6.03. The number of aromatic amines is 1. The normalized spacial score (nSPS) is 28.8. The molecule has 2 aliphatic heterocycles. The first-order valence-corrected chi connectivity index (χ1v) is 8.79. The molecule has 2 fully saturated rings. The highest BCUT2D eigenvalue weighted by molar-refractivity contribution is 5.74. The van der Waals surface area contributed by atoms with E-state index in [0.717, 1.165) is 38.8 Å². The molecule has 1 aromatic heterocycles. The molecule has 1 aliphatic carbocycles. The predicted octanol–water partition coefficient (Wildman–Crippen LogP) is 2.38. The van der Waals surface area contributed by atoms with Gasteiger partial charge in [-0.15, -0.1) is 0 Å². The van der Waals surface area contributed by atoms with E-state index in [0.29, 0.717) is 12.6 Å². The van der Waals surface area contributed by atoms with Gasteiger partial charge in [-0.25, -0.2) is 4.98 Å². The predicted molar refractivity (Wildman–Crippen MR) is 82.5 cm³/mol. The minimum atomic E-state index is 0.00390. The third kappa shape index (κ3) is 2.67. The molecule has 2 saturated heterocycles. The largest absolute Gasteiger partial charge is 0.465 e. The van der Waals surface area contributed by atoms with Crippen molar-refractivity contribution in [3.63, 3.8) is 0 Å². The van der Waals surface area contributed by atoms with Gasteiger partial charge in [-0.1, -0.05) is 0 Å². The Bertz CT molecular complexity index is 531. The number of aromatic nitrogens is 2. The highest BCUT2D eigenvalue weighted by Gasteiger charge is 2.32. The molecular weight excluding hydrogens is 278 g/mol. The van der Waals surface area contributed by atoms with Crippen LogP contribution in [0.15, 0.2) is 0 Å². The Morgan fingerprint density at radius 1 is 1.23 bits per heavy atom. The van der Waals surface area contributed by atoms with E-state index in [9.17, 15) is 4.79 Å². The Morgan fingerprint density at radius 3 is 2.95 bits per heavy atom. The minimum Gasteiger partial charge on any atom is -0.465 e. The van der Waals surface area contributed by atoms with Gasteiger partial charge in [0, 0.05) is 5.69 Å². The average Bonchev–Trinajstić information content (AvgIpc) is 3.23. The summed E-state index contributed by atoms with van der Waals surface area (Å²) in [6.45, 7) is 2.71. The van der Waals surface area contributed by atoms with Crippen LogP contribution in [0.2, 0.25) is 0 Å². The number of nitrogens with one attached hydrogen (secondary N) is 1. The maximum absolute atomic E-state index is 11.6. The van der Waals surface area contributed by atoms with Crippen molar-refractivity contribution in [1.82, 2.24) is 14.9 Å². The number of rotatable bonds is 4. The van der Waals surface area contributed by atoms with Crippen molar-refractivity contribution in [2.24, 2.45) is 5.92 Å². The molecule has 0 radical (unpaired) electrons. The first kappa shape index (κ1) is 14.2. The summed E-state index contributed by atoms with van der Waals surface area (Å²) in [5.41, 5.74) is 2.67. The molecule has 2 unspecified atom stereocenters. The van der Waals surface area contributed by atoms with Gasteiger partial charge in [0.1, 0.15) is 5.82 Å². The number of nitrogens with zero attached hydrogens (tertiary/aromatic N) is 2. The lowest BCUT2D eigenvalue weighted by Crippen LogP contribution is -2.27. The zero-order valence-electron chi connectivity index (χ0n) is 13.1. The Balaban J connectivity index is 1.42. The second-order valence-corrected chi connectivity index (χ2v) is 6.89. The lowest BCUT2D eigenvalue weighted by Gasteiger charge is -2.23. The molecule has 5 nitrogen and oxygen atoms in total. The zero-order valence-corrected chi connectivity index (χ0v) is 13.1. The summed E-state index contributed by atoms with van der Waals surface area (Å²) in [6, 6.07) is 0.419. The molecule has 0 aromatic carbocycles. The Morgan fingerprint density at radius 2 is 2.14 bits per heavy atom. The number of esters is 1. The van der Waals surface area contributed by atoms with Crippen molar-refractivity contribution in [1.29, 1.82) is 0 Å². The van der Waals surface area contributed by atoms with Gasteiger partial charge in [-0.3, -0.25) is 9.69 Å². The number of imidazole rings is 1. The second-order valence-electron chi connectivity index (χ2n) is 6.89. The Labute approximate surface area is 131 Å². The SMILES string of the molecule is O=C1OCCC1CCN1CCCC1c1nc2c([nH]1)CCCC2. The number of likely N-dealkylation sites (tertiary alicyclic amines) is 1. The van der Waals surface area contributed by atoms with Crippen molar-refractivity contribution in [3.05, 3.63) is 17.2 Å². The van der Waals surface area contributed by atoms with Crippen LogP contribution in [0, 0.1) is 5.92 Å². The highest BCUT2D eigenvalue weighted by atomic mass is 16.5. The third-order valence-electron chi connectivity index (χ3n) is 5.46. The van der Waals surface area contributed by atoms with Gasteiger partial charge in [-0.05, 0) is 64.5 Å². The van der Waals surface area contributed by atoms with E-state index in [4.69, 9.17) is 9.72 Å². The standard InChI is InChI=1S/C17H25N3O2/c21-17-12(8-11-22-17)7-10-20-9-3-6-15(20)16-18-13-4-1-2-5-14(13)19-16/h12,15H,1-11H2,(H,18,19). The number of carbonyl (C=O) groups excluding carboxylic acids is 1. The lowest BCUT2D eigenvalue weighted by molar-refractivity contribution is -0.141. The highest BCUT2D eigenvalue weighted by Crippen LogP contribution is 2.33. The Kier molecular flexibility index (Phi) is 3.90. The summed E-state index contributed by atoms with van der Waals surface area (Å²) in [5, 5.41) is 0. The fourth-order valence-electron chi connectivity index (χ4n) is 4.16. The summed E-state index contributed by atoms with van der Waals surface area (Å²) < 4.78 is 5.07. The molecule has 4 rings (SSSR count). The topological polar surface area (TPSA) is 58.2 Å². The summed E-state index contributed by atoms with van der Waals surface area (Å²) in [4.78, 5) is 22.6. The number of H-pyrrole nitrogens is 1. The molecule has 0 saturated carbocycles. The molecule has 3 aliphatic rings. The smallest absolute Gasteiger partial charge is 0.309 e. The maximum atomic E-state index is 11.6. The molecule has 1 N–H and O–H groups in total. The molecule has 0 spiro atoms. The summed E-state index contributed by atoms with van der Waals surface area (Å²) >= 11 is 0. The molecule has 2 atom stereocenters. The number of carbonyl (C=O) groups is 1. The number of aryl methyl sites for hydroxylation is 2. The first-order chi connectivity index (χ1) is 10.8. The molecule has 120 valence electrons. The first-order valence-electron chi connectivity index (χ1n) is 8.79. The summed E-state index contributed by atoms with van der Waals surface area (Å²) in [6.07, 6.45) is 9.08. The van der Waals surface area contributed by atoms with Gasteiger partial charge in [0.05, 0.1) is 24.3 Å². The van der Waals surface area contributed by atoms with E-state index >= 15 is 0 Å². The number of ether oxygens (including phenoxy) is 1. The van der Waals surface area contributed by atoms with Gasteiger partial charge >= 0.3 is 5.97 Å². The van der Waals surface area contributed by atoms with Crippen molar-refractivity contribution >= 4 is 5.97 Å². The molecule has 5 heteroatoms. The van der Waals surface area contributed by atoms with Gasteiger partial charge in [0.25, 0.3) is 0 Å². The fourth-order valence-corrected chi connectivity index (χ4v) is 4.16. The van der Waals surface area contributed by atoms with Crippen LogP contribution < -0.4 is 0 Å². The van der Waals surface area contributed by atoms with Gasteiger partial charge in [0.2, 0.25) is 0 Å². The van der Waals surface area contributed by atoms with Crippen LogP contribution in [0.1, 0.15) is 61.8 Å². The van der Waals surface area contributed by atoms with E-state index in [1.807, 2.05) is 0 Å². The molecule has 1 aromatic rings. The van der Waals surface area contributed by atoms with Crippen molar-refractivity contribution in [2.45, 2.75) is 57.4 Å². The molecule has 22 heavy (non-hydrogen) atoms. The third-order valence-corrected chi connectivity index (χ3v) is 5.46. The van der Waals surface area contributed by atoms with Crippen molar-refractivity contribution < 1.29 is 9.53 Å². The fraction of sp³-hybridized carbons (Fsp3) is 0.765. The van der Waals surface area contributed by atoms with Crippen molar-refractivity contribution in [3.8, 4) is 0 Å². The number of cyclic esters (lactones) is 1. The molecule has 0 amide bonds. The average molecular weight is 303 g/mol. The van der Waals surface area contributed by atoms with Crippen LogP contribution in [0.4, 0.5) is 0 Å². The van der Waals surface area contributed by atoms with E-state index in [-0.39, 0.29) is 11.9 Å². The number of fused-ring (bicyclic) bond motifs is 1. The lowest BCUT2D eigenvalue weighted by atomic mass is 10.0. The minimum absolute atomic E-state index is 0.00390. The monoisotopic (exact) mass is 303 g/mol. The number of hydrogen-bond donors (Lipinski definition) is 1. The van der Waals surface area contributed by atoms with Crippen LogP contribution in [0.3, 0.4) is 0 Å². The molecule has 0 bridgehead atoms. The molecule has 3 heterocycles. The van der Waals surface area contributed by atoms with Crippen LogP contribution in [-0.4, -0.2) is 40.5 Å². The van der Waals surface area contributed by atoms with Crippen molar-refractivity contribution in [2.75, 3.05) is 19.7 Å². The van der Waals surface area contributed by atoms with Gasteiger partial charge < -0.3 is 9.72 Å². The van der Waals surface area contributed by atoms with Crippen LogP contribution in [0.5, 0.6) is 0 Å². The van der Waals surface area contributed by atoms with Crippen LogP contribution in [0.25, 0.3) is 0 Å². The van der Waals surface area contributed by atoms with Crippen LogP contribution >= 0.6 is 0 Å². The molecular formula is C17H25N3O2.